The third kappa shape index (κ3) is 52.6. The lowest BCUT2D eigenvalue weighted by atomic mass is 10.0. The maximum Gasteiger partial charge on any atom is 0.306 e. The van der Waals surface area contributed by atoms with Crippen LogP contribution in [0.2, 0.25) is 0 Å². The molecule has 0 aliphatic carbocycles. The topological polar surface area (TPSA) is 78.9 Å². The fraction of sp³-hybridized carbons (Fsp3) is 0.623. The number of rotatable bonds is 47. The van der Waals surface area contributed by atoms with Gasteiger partial charge in [0.25, 0.3) is 0 Å². The van der Waals surface area contributed by atoms with Crippen LogP contribution in [0.4, 0.5) is 0 Å². The van der Waals surface area contributed by atoms with Gasteiger partial charge in [0.05, 0.1) is 0 Å². The Kier molecular flexibility index (Phi) is 51.0. The molecule has 6 nitrogen and oxygen atoms in total. The Hall–Kier alpha value is -4.19. The van der Waals surface area contributed by atoms with E-state index in [1.54, 1.807) is 0 Å². The molecule has 1 atom stereocenters. The van der Waals surface area contributed by atoms with E-state index in [9.17, 15) is 14.4 Å². The Bertz CT molecular complexity index is 1440. The predicted octanol–water partition coefficient (Wildman–Crippen LogP) is 18.1. The molecule has 0 fully saturated rings. The number of allylic oxidation sites excluding steroid dienone is 20. The van der Waals surface area contributed by atoms with E-state index < -0.39 is 6.10 Å². The molecule has 0 amide bonds. The summed E-state index contributed by atoms with van der Waals surface area (Å²) in [7, 11) is 0. The second-order valence-corrected chi connectivity index (χ2v) is 17.4. The van der Waals surface area contributed by atoms with Crippen LogP contribution in [0.5, 0.6) is 0 Å². The molecule has 0 heterocycles. The van der Waals surface area contributed by atoms with Gasteiger partial charge in [-0.05, 0) is 96.3 Å². The first kappa shape index (κ1) is 62.8. The minimum atomic E-state index is -0.823. The first-order chi connectivity index (χ1) is 33.0. The number of esters is 3. The van der Waals surface area contributed by atoms with Crippen molar-refractivity contribution in [2.45, 2.75) is 232 Å². The van der Waals surface area contributed by atoms with E-state index >= 15 is 0 Å². The lowest BCUT2D eigenvalue weighted by Crippen LogP contribution is -2.30. The highest BCUT2D eigenvalue weighted by Crippen LogP contribution is 2.14. The second-order valence-electron chi connectivity index (χ2n) is 17.4. The van der Waals surface area contributed by atoms with E-state index in [2.05, 4.69) is 130 Å². The lowest BCUT2D eigenvalue weighted by Gasteiger charge is -2.18. The van der Waals surface area contributed by atoms with Crippen LogP contribution in [0, 0.1) is 0 Å². The second kappa shape index (κ2) is 54.4. The van der Waals surface area contributed by atoms with Gasteiger partial charge in [-0.15, -0.1) is 0 Å². The van der Waals surface area contributed by atoms with Crippen molar-refractivity contribution < 1.29 is 28.6 Å². The molecule has 0 spiro atoms. The number of hydrogen-bond donors (Lipinski definition) is 0. The number of ether oxygens (including phenoxy) is 3. The summed E-state index contributed by atoms with van der Waals surface area (Å²) in [5.41, 5.74) is 0. The van der Waals surface area contributed by atoms with Crippen LogP contribution in [-0.4, -0.2) is 37.2 Å². The Morgan fingerprint density at radius 3 is 1.00 bits per heavy atom. The quantitative estimate of drug-likeness (QED) is 0.0262. The highest BCUT2D eigenvalue weighted by atomic mass is 16.6. The first-order valence-corrected chi connectivity index (χ1v) is 27.0. The summed E-state index contributed by atoms with van der Waals surface area (Å²) >= 11 is 0. The summed E-state index contributed by atoms with van der Waals surface area (Å²) in [5, 5.41) is 0. The maximum atomic E-state index is 12.8. The van der Waals surface area contributed by atoms with Crippen molar-refractivity contribution >= 4 is 17.9 Å². The summed E-state index contributed by atoms with van der Waals surface area (Å²) < 4.78 is 16.7. The third-order valence-electron chi connectivity index (χ3n) is 11.0. The highest BCUT2D eigenvalue weighted by Gasteiger charge is 2.19. The van der Waals surface area contributed by atoms with Crippen LogP contribution in [0.25, 0.3) is 0 Å². The largest absolute Gasteiger partial charge is 0.462 e. The average molecular weight is 927 g/mol. The van der Waals surface area contributed by atoms with E-state index in [-0.39, 0.29) is 44.0 Å². The van der Waals surface area contributed by atoms with Crippen molar-refractivity contribution in [1.82, 2.24) is 0 Å². The van der Waals surface area contributed by atoms with Gasteiger partial charge in [-0.2, -0.15) is 0 Å². The average Bonchev–Trinajstić information content (AvgIpc) is 3.33. The molecule has 0 aliphatic heterocycles. The Labute approximate surface area is 412 Å². The number of carbonyl (C=O) groups is 3. The monoisotopic (exact) mass is 927 g/mol. The molecule has 0 rings (SSSR count). The predicted molar refractivity (Wildman–Crippen MR) is 288 cm³/mol. The Balaban J connectivity index is 4.56. The van der Waals surface area contributed by atoms with Crippen LogP contribution in [0.3, 0.4) is 0 Å². The molecule has 1 unspecified atom stereocenters. The third-order valence-corrected chi connectivity index (χ3v) is 11.0. The van der Waals surface area contributed by atoms with Gasteiger partial charge >= 0.3 is 17.9 Å². The zero-order valence-electron chi connectivity index (χ0n) is 43.1. The smallest absolute Gasteiger partial charge is 0.306 e. The lowest BCUT2D eigenvalue weighted by molar-refractivity contribution is -0.166. The normalized spacial score (nSPS) is 13.1. The van der Waals surface area contributed by atoms with Crippen molar-refractivity contribution in [2.24, 2.45) is 0 Å². The fourth-order valence-electron chi connectivity index (χ4n) is 6.99. The summed E-state index contributed by atoms with van der Waals surface area (Å²) in [6, 6.07) is 0. The minimum Gasteiger partial charge on any atom is -0.462 e. The summed E-state index contributed by atoms with van der Waals surface area (Å²) in [6.07, 6.45) is 74.8. The number of hydrogen-bond acceptors (Lipinski definition) is 6. The molecule has 0 aliphatic rings. The molecule has 67 heavy (non-hydrogen) atoms. The van der Waals surface area contributed by atoms with Crippen molar-refractivity contribution in [3.8, 4) is 0 Å². The van der Waals surface area contributed by atoms with E-state index in [1.807, 2.05) is 12.2 Å². The molecule has 6 heteroatoms. The van der Waals surface area contributed by atoms with Gasteiger partial charge in [-0.25, -0.2) is 0 Å². The van der Waals surface area contributed by atoms with Crippen molar-refractivity contribution in [3.05, 3.63) is 122 Å². The zero-order chi connectivity index (χ0) is 48.6. The van der Waals surface area contributed by atoms with E-state index in [4.69, 9.17) is 14.2 Å². The van der Waals surface area contributed by atoms with Crippen LogP contribution < -0.4 is 0 Å². The van der Waals surface area contributed by atoms with Crippen molar-refractivity contribution in [2.75, 3.05) is 13.2 Å². The Morgan fingerprint density at radius 1 is 0.313 bits per heavy atom. The summed E-state index contributed by atoms with van der Waals surface area (Å²) in [6.45, 7) is 6.32. The molecule has 0 aromatic carbocycles. The summed E-state index contributed by atoms with van der Waals surface area (Å²) in [5.74, 6) is -1.03. The van der Waals surface area contributed by atoms with Gasteiger partial charge in [0.2, 0.25) is 0 Å². The minimum absolute atomic E-state index is 0.113. The van der Waals surface area contributed by atoms with E-state index in [0.29, 0.717) is 12.8 Å². The Morgan fingerprint density at radius 2 is 0.612 bits per heavy atom. The van der Waals surface area contributed by atoms with Crippen LogP contribution >= 0.6 is 0 Å². The molecule has 0 aromatic rings. The van der Waals surface area contributed by atoms with Crippen LogP contribution in [0.1, 0.15) is 226 Å². The molecular formula is C61H98O6. The van der Waals surface area contributed by atoms with Gasteiger partial charge in [-0.3, -0.25) is 14.4 Å². The van der Waals surface area contributed by atoms with Gasteiger partial charge < -0.3 is 14.2 Å². The molecular weight excluding hydrogens is 829 g/mol. The first-order valence-electron chi connectivity index (χ1n) is 27.0. The molecule has 0 radical (unpaired) electrons. The number of unbranched alkanes of at least 4 members (excludes halogenated alkanes) is 16. The van der Waals surface area contributed by atoms with Crippen LogP contribution in [-0.2, 0) is 28.6 Å². The van der Waals surface area contributed by atoms with E-state index in [1.165, 1.54) is 64.2 Å². The molecule has 0 bridgehead atoms. The van der Waals surface area contributed by atoms with Gasteiger partial charge in [0.1, 0.15) is 13.2 Å². The molecule has 0 saturated carbocycles. The molecule has 0 N–H and O–H groups in total. The van der Waals surface area contributed by atoms with Crippen molar-refractivity contribution in [1.29, 1.82) is 0 Å². The van der Waals surface area contributed by atoms with Gasteiger partial charge in [0.15, 0.2) is 6.10 Å². The summed E-state index contributed by atoms with van der Waals surface area (Å²) in [4.78, 5) is 38.0. The zero-order valence-corrected chi connectivity index (χ0v) is 43.1. The van der Waals surface area contributed by atoms with Gasteiger partial charge in [0, 0.05) is 19.3 Å². The number of carbonyl (C=O) groups excluding carboxylic acids is 3. The van der Waals surface area contributed by atoms with E-state index in [0.717, 1.165) is 116 Å². The molecule has 0 aromatic heterocycles. The molecule has 0 saturated heterocycles. The van der Waals surface area contributed by atoms with Crippen LogP contribution in [0.15, 0.2) is 122 Å². The fourth-order valence-corrected chi connectivity index (χ4v) is 6.99. The van der Waals surface area contributed by atoms with Crippen molar-refractivity contribution in [3.63, 3.8) is 0 Å². The molecule has 378 valence electrons. The highest BCUT2D eigenvalue weighted by molar-refractivity contribution is 5.71. The van der Waals surface area contributed by atoms with Gasteiger partial charge in [-0.1, -0.05) is 232 Å². The maximum absolute atomic E-state index is 12.8. The SMILES string of the molecule is CC/C=C\C/C=C\C/C=C\C/C=C\C/C=C\C/C=C\CCC(=O)OCC(COC(=O)CCCCCCCCCCCCCCC)OC(=O)CCCCCC/C=C\C/C=C\C/C=C\C/C=C\CC. The standard InChI is InChI=1S/C61H98O6/c1-4-7-10-13-16-19-22-25-27-29-30-32-33-36-39-42-45-48-51-54-60(63)66-57-58(56-65-59(62)53-50-47-44-41-38-35-24-21-18-15-12-9-6-3)67-61(64)55-52-49-46-43-40-37-34-31-28-26-23-20-17-14-11-8-5-2/h7-8,10-11,16-17,19-20,25-28,30,32,34,36-37,39,45,48,58H,4-6,9,12-15,18,21-24,29,31,33,35,38,40-44,46-47,49-57H2,1-3H3/b10-7-,11-8-,19-16-,20-17-,27-25-,28-26-,32-30-,37-34-,39-36-,48-45-.